The summed E-state index contributed by atoms with van der Waals surface area (Å²) in [5, 5.41) is 9.19. The maximum atomic E-state index is 11.3. The van der Waals surface area contributed by atoms with Crippen LogP contribution in [0.4, 0.5) is 0 Å². The van der Waals surface area contributed by atoms with Gasteiger partial charge in [0, 0.05) is 6.21 Å². The Bertz CT molecular complexity index is 528. The van der Waals surface area contributed by atoms with E-state index in [1.807, 2.05) is 23.9 Å². The summed E-state index contributed by atoms with van der Waals surface area (Å²) >= 11 is 0. The van der Waals surface area contributed by atoms with Crippen molar-refractivity contribution in [2.75, 3.05) is 0 Å². The quantitative estimate of drug-likeness (QED) is 0.449. The number of aromatic amines is 2. The average molecular weight is 239 g/mol. The van der Waals surface area contributed by atoms with Crippen molar-refractivity contribution in [1.82, 2.24) is 20.6 Å². The Morgan fingerprint density at radius 2 is 2.24 bits per heavy atom. The first-order chi connectivity index (χ1) is 7.99. The van der Waals surface area contributed by atoms with Gasteiger partial charge in [0.2, 0.25) is 5.91 Å². The summed E-state index contributed by atoms with van der Waals surface area (Å²) in [6.45, 7) is 3.81. The lowest BCUT2D eigenvalue weighted by Gasteiger charge is -1.98. The molecule has 0 fully saturated rings. The van der Waals surface area contributed by atoms with Crippen molar-refractivity contribution in [1.29, 1.82) is 0 Å². The number of H-pyrrole nitrogens is 2. The second-order valence-corrected chi connectivity index (χ2v) is 3.69. The Morgan fingerprint density at radius 3 is 2.82 bits per heavy atom. The van der Waals surface area contributed by atoms with E-state index >= 15 is 0 Å². The molecule has 8 nitrogen and oxygen atoms in total. The summed E-state index contributed by atoms with van der Waals surface area (Å²) in [5.74, 6) is -0.267. The Hall–Kier alpha value is -2.25. The molecule has 0 radical (unpaired) electrons. The minimum absolute atomic E-state index is 0.0677. The summed E-state index contributed by atoms with van der Waals surface area (Å²) < 4.78 is 0. The van der Waals surface area contributed by atoms with E-state index in [1.54, 1.807) is 6.21 Å². The van der Waals surface area contributed by atoms with Crippen molar-refractivity contribution in [3.63, 3.8) is 0 Å². The molecule has 1 aromatic rings. The van der Waals surface area contributed by atoms with Gasteiger partial charge in [0.1, 0.15) is 5.69 Å². The first kappa shape index (κ1) is 12.8. The normalized spacial score (nSPS) is 11.0. The fourth-order valence-corrected chi connectivity index (χ4v) is 0.942. The molecular weight excluding hydrogens is 226 g/mol. The number of amides is 1. The van der Waals surface area contributed by atoms with Gasteiger partial charge in [-0.3, -0.25) is 14.6 Å². The zero-order valence-corrected chi connectivity index (χ0v) is 9.48. The number of hydrogen-bond acceptors (Lipinski definition) is 5. The van der Waals surface area contributed by atoms with Gasteiger partial charge in [-0.2, -0.15) is 10.2 Å². The van der Waals surface area contributed by atoms with Crippen molar-refractivity contribution < 1.29 is 4.79 Å². The molecule has 0 aromatic carbocycles. The zero-order valence-electron chi connectivity index (χ0n) is 9.48. The predicted molar refractivity (Wildman–Crippen MR) is 60.7 cm³/mol. The van der Waals surface area contributed by atoms with Crippen LogP contribution in [0.25, 0.3) is 0 Å². The molecular formula is C9H13N5O3. The van der Waals surface area contributed by atoms with Crippen LogP contribution in [-0.2, 0) is 11.2 Å². The van der Waals surface area contributed by atoms with Crippen LogP contribution in [0.3, 0.4) is 0 Å². The molecule has 1 rings (SSSR count). The summed E-state index contributed by atoms with van der Waals surface area (Å²) in [6, 6.07) is 0. The number of carbonyl (C=O) groups is 1. The van der Waals surface area contributed by atoms with E-state index in [1.165, 1.54) is 0 Å². The molecule has 0 bridgehead atoms. The first-order valence-corrected chi connectivity index (χ1v) is 4.99. The number of hydrazone groups is 1. The molecule has 17 heavy (non-hydrogen) atoms. The van der Waals surface area contributed by atoms with Gasteiger partial charge in [0.25, 0.3) is 5.56 Å². The fourth-order valence-electron chi connectivity index (χ4n) is 0.942. The van der Waals surface area contributed by atoms with Crippen LogP contribution in [0.2, 0.25) is 0 Å². The monoisotopic (exact) mass is 239 g/mol. The molecule has 1 heterocycles. The fraction of sp³-hybridized carbons (Fsp3) is 0.444. The van der Waals surface area contributed by atoms with Crippen molar-refractivity contribution in [2.45, 2.75) is 20.3 Å². The van der Waals surface area contributed by atoms with Gasteiger partial charge in [0.15, 0.2) is 0 Å². The topological polar surface area (TPSA) is 120 Å². The molecule has 0 unspecified atom stereocenters. The third-order valence-corrected chi connectivity index (χ3v) is 1.67. The van der Waals surface area contributed by atoms with Gasteiger partial charge >= 0.3 is 5.69 Å². The lowest BCUT2D eigenvalue weighted by Crippen LogP contribution is -2.31. The Balaban J connectivity index is 2.63. The van der Waals surface area contributed by atoms with Gasteiger partial charge in [-0.1, -0.05) is 13.8 Å². The third-order valence-electron chi connectivity index (χ3n) is 1.67. The lowest BCUT2D eigenvalue weighted by molar-refractivity contribution is -0.120. The summed E-state index contributed by atoms with van der Waals surface area (Å²) in [4.78, 5) is 35.2. The Morgan fingerprint density at radius 1 is 1.53 bits per heavy atom. The molecule has 8 heteroatoms. The van der Waals surface area contributed by atoms with E-state index in [0.717, 1.165) is 0 Å². The number of rotatable bonds is 4. The highest BCUT2D eigenvalue weighted by atomic mass is 16.2. The number of carbonyl (C=O) groups excluding carboxylic acids is 1. The molecule has 0 saturated heterocycles. The minimum atomic E-state index is -0.711. The van der Waals surface area contributed by atoms with Crippen LogP contribution < -0.4 is 16.7 Å². The van der Waals surface area contributed by atoms with E-state index in [4.69, 9.17) is 0 Å². The average Bonchev–Trinajstić information content (AvgIpc) is 2.21. The van der Waals surface area contributed by atoms with Crippen LogP contribution in [0.15, 0.2) is 14.7 Å². The number of hydrogen-bond donors (Lipinski definition) is 3. The van der Waals surface area contributed by atoms with Crippen molar-refractivity contribution in [2.24, 2.45) is 11.0 Å². The SMILES string of the molecule is CC(C)C=NNC(=O)Cc1n[nH]c(=O)[nH]c1=O. The minimum Gasteiger partial charge on any atom is -0.273 e. The molecule has 1 amide bonds. The summed E-state index contributed by atoms with van der Waals surface area (Å²) in [7, 11) is 0. The smallest absolute Gasteiger partial charge is 0.273 e. The second kappa shape index (κ2) is 5.73. The highest BCUT2D eigenvalue weighted by molar-refractivity contribution is 5.78. The second-order valence-electron chi connectivity index (χ2n) is 3.69. The largest absolute Gasteiger partial charge is 0.342 e. The zero-order chi connectivity index (χ0) is 12.8. The van der Waals surface area contributed by atoms with Crippen molar-refractivity contribution in [3.05, 3.63) is 26.5 Å². The first-order valence-electron chi connectivity index (χ1n) is 4.99. The van der Waals surface area contributed by atoms with Crippen LogP contribution in [0.5, 0.6) is 0 Å². The Labute approximate surface area is 96.1 Å². The Kier molecular flexibility index (Phi) is 4.32. The maximum absolute atomic E-state index is 11.3. The maximum Gasteiger partial charge on any atom is 0.342 e. The van der Waals surface area contributed by atoms with Gasteiger partial charge in [0.05, 0.1) is 6.42 Å². The van der Waals surface area contributed by atoms with Gasteiger partial charge in [-0.15, -0.1) is 0 Å². The van der Waals surface area contributed by atoms with Crippen LogP contribution in [0, 0.1) is 5.92 Å². The van der Waals surface area contributed by atoms with E-state index in [0.29, 0.717) is 0 Å². The van der Waals surface area contributed by atoms with Crippen LogP contribution >= 0.6 is 0 Å². The van der Waals surface area contributed by atoms with Crippen molar-refractivity contribution >= 4 is 12.1 Å². The van der Waals surface area contributed by atoms with E-state index in [2.05, 4.69) is 15.6 Å². The molecule has 0 spiro atoms. The highest BCUT2D eigenvalue weighted by Gasteiger charge is 2.08. The van der Waals surface area contributed by atoms with Crippen LogP contribution in [0.1, 0.15) is 19.5 Å². The van der Waals surface area contributed by atoms with Gasteiger partial charge < -0.3 is 0 Å². The number of nitrogens with one attached hydrogen (secondary N) is 3. The lowest BCUT2D eigenvalue weighted by atomic mass is 10.3. The summed E-state index contributed by atoms with van der Waals surface area (Å²) in [5.41, 5.74) is 0.788. The molecule has 0 saturated carbocycles. The third kappa shape index (κ3) is 4.41. The van der Waals surface area contributed by atoms with E-state index in [9.17, 15) is 14.4 Å². The van der Waals surface area contributed by atoms with E-state index < -0.39 is 17.2 Å². The van der Waals surface area contributed by atoms with Crippen molar-refractivity contribution in [3.8, 4) is 0 Å². The molecule has 92 valence electrons. The molecule has 1 aromatic heterocycles. The van der Waals surface area contributed by atoms with E-state index in [-0.39, 0.29) is 18.0 Å². The molecule has 0 atom stereocenters. The summed E-state index contributed by atoms with van der Waals surface area (Å²) in [6.07, 6.45) is 1.31. The van der Waals surface area contributed by atoms with Crippen LogP contribution in [-0.4, -0.2) is 27.3 Å². The standard InChI is InChI=1S/C9H13N5O3/c1-5(2)4-10-13-7(15)3-6-8(16)11-9(17)14-12-6/h4-5H,3H2,1-2H3,(H,13,15)(H2,11,14,16,17). The van der Waals surface area contributed by atoms with Gasteiger partial charge in [-0.25, -0.2) is 15.3 Å². The molecule has 0 aliphatic heterocycles. The predicted octanol–water partition coefficient (Wildman–Crippen LogP) is -1.24. The number of nitrogens with zero attached hydrogens (tertiary/aromatic N) is 2. The molecule has 3 N–H and O–H groups in total. The number of aromatic nitrogens is 3. The molecule has 0 aliphatic carbocycles. The molecule has 0 aliphatic rings. The van der Waals surface area contributed by atoms with Gasteiger partial charge in [-0.05, 0) is 5.92 Å². The highest BCUT2D eigenvalue weighted by Crippen LogP contribution is 1.85.